The Morgan fingerprint density at radius 2 is 1.58 bits per heavy atom. The first-order chi connectivity index (χ1) is 12.8. The van der Waals surface area contributed by atoms with Crippen LogP contribution in [-0.2, 0) is 6.42 Å². The molecule has 1 unspecified atom stereocenters. The SMILES string of the molecule is CC.NC(Cc1nc2ncc(-c3ccccc3)cc2[nH]1)c1ccccc1. The zero-order valence-electron chi connectivity index (χ0n) is 15.2. The zero-order valence-corrected chi connectivity index (χ0v) is 15.2. The van der Waals surface area contributed by atoms with E-state index in [9.17, 15) is 0 Å². The van der Waals surface area contributed by atoms with Crippen LogP contribution in [0, 0.1) is 0 Å². The summed E-state index contributed by atoms with van der Waals surface area (Å²) in [6.45, 7) is 4.00. The number of aromatic amines is 1. The quantitative estimate of drug-likeness (QED) is 0.553. The number of nitrogens with one attached hydrogen (secondary N) is 1. The van der Waals surface area contributed by atoms with E-state index in [2.05, 4.69) is 33.2 Å². The molecule has 0 spiro atoms. The summed E-state index contributed by atoms with van der Waals surface area (Å²) >= 11 is 0. The highest BCUT2D eigenvalue weighted by atomic mass is 15.0. The third-order valence-electron chi connectivity index (χ3n) is 4.13. The Balaban J connectivity index is 0.000000948. The standard InChI is InChI=1S/C20H18N4.C2H6/c21-17(15-9-5-2-6-10-15)12-19-23-18-11-16(13-22-20(18)24-19)14-7-3-1-4-8-14;1-2/h1-11,13,17H,12,21H2,(H,22,23,24);1-2H3. The minimum absolute atomic E-state index is 0.0830. The van der Waals surface area contributed by atoms with E-state index in [0.717, 1.165) is 33.7 Å². The van der Waals surface area contributed by atoms with Crippen molar-refractivity contribution in [1.29, 1.82) is 0 Å². The van der Waals surface area contributed by atoms with Gasteiger partial charge in [0.25, 0.3) is 0 Å². The molecule has 26 heavy (non-hydrogen) atoms. The average Bonchev–Trinajstić information content (AvgIpc) is 3.12. The van der Waals surface area contributed by atoms with Crippen LogP contribution in [0.3, 0.4) is 0 Å². The van der Waals surface area contributed by atoms with Crippen LogP contribution in [0.4, 0.5) is 0 Å². The van der Waals surface area contributed by atoms with Gasteiger partial charge in [-0.1, -0.05) is 74.5 Å². The number of nitrogens with two attached hydrogens (primary N) is 1. The van der Waals surface area contributed by atoms with E-state index in [1.807, 2.05) is 68.6 Å². The van der Waals surface area contributed by atoms with Gasteiger partial charge < -0.3 is 10.7 Å². The number of fused-ring (bicyclic) bond motifs is 1. The minimum Gasteiger partial charge on any atom is -0.341 e. The van der Waals surface area contributed by atoms with Gasteiger partial charge in [-0.15, -0.1) is 0 Å². The Kier molecular flexibility index (Phi) is 5.77. The maximum atomic E-state index is 6.29. The van der Waals surface area contributed by atoms with Crippen molar-refractivity contribution in [3.63, 3.8) is 0 Å². The fraction of sp³-hybridized carbons (Fsp3) is 0.182. The van der Waals surface area contributed by atoms with Crippen molar-refractivity contribution in [1.82, 2.24) is 15.0 Å². The molecule has 4 rings (SSSR count). The molecule has 4 heteroatoms. The monoisotopic (exact) mass is 344 g/mol. The van der Waals surface area contributed by atoms with Crippen LogP contribution in [0.15, 0.2) is 72.9 Å². The highest BCUT2D eigenvalue weighted by Crippen LogP contribution is 2.22. The minimum atomic E-state index is -0.0830. The number of pyridine rings is 1. The molecule has 1 atom stereocenters. The largest absolute Gasteiger partial charge is 0.341 e. The Morgan fingerprint density at radius 3 is 2.27 bits per heavy atom. The lowest BCUT2D eigenvalue weighted by atomic mass is 10.0. The average molecular weight is 344 g/mol. The van der Waals surface area contributed by atoms with Gasteiger partial charge in [0.05, 0.1) is 5.52 Å². The van der Waals surface area contributed by atoms with Crippen LogP contribution in [0.1, 0.15) is 31.3 Å². The van der Waals surface area contributed by atoms with Crippen molar-refractivity contribution in [2.75, 3.05) is 0 Å². The summed E-state index contributed by atoms with van der Waals surface area (Å²) in [6.07, 6.45) is 2.51. The van der Waals surface area contributed by atoms with Crippen LogP contribution in [-0.4, -0.2) is 15.0 Å². The van der Waals surface area contributed by atoms with E-state index < -0.39 is 0 Å². The van der Waals surface area contributed by atoms with E-state index in [4.69, 9.17) is 5.73 Å². The molecule has 2 heterocycles. The Morgan fingerprint density at radius 1 is 0.923 bits per heavy atom. The summed E-state index contributed by atoms with van der Waals surface area (Å²) in [5.41, 5.74) is 11.3. The van der Waals surface area contributed by atoms with E-state index in [1.165, 1.54) is 0 Å². The second kappa shape index (κ2) is 8.41. The number of nitrogens with zero attached hydrogens (tertiary/aromatic N) is 2. The summed E-state index contributed by atoms with van der Waals surface area (Å²) in [5.74, 6) is 0.860. The number of H-pyrrole nitrogens is 1. The lowest BCUT2D eigenvalue weighted by Gasteiger charge is -2.09. The molecule has 2 aromatic carbocycles. The van der Waals surface area contributed by atoms with E-state index in [0.29, 0.717) is 6.42 Å². The van der Waals surface area contributed by atoms with E-state index in [1.54, 1.807) is 0 Å². The van der Waals surface area contributed by atoms with E-state index in [-0.39, 0.29) is 6.04 Å². The second-order valence-corrected chi connectivity index (χ2v) is 5.87. The number of benzene rings is 2. The van der Waals surface area contributed by atoms with Gasteiger partial charge in [-0.05, 0) is 17.2 Å². The van der Waals surface area contributed by atoms with Gasteiger partial charge in [0.1, 0.15) is 5.82 Å². The van der Waals surface area contributed by atoms with Crippen molar-refractivity contribution in [3.8, 4) is 11.1 Å². The maximum absolute atomic E-state index is 6.29. The molecular weight excluding hydrogens is 320 g/mol. The molecule has 4 aromatic rings. The summed E-state index contributed by atoms with van der Waals surface area (Å²) in [7, 11) is 0. The fourth-order valence-electron chi connectivity index (χ4n) is 2.86. The first-order valence-corrected chi connectivity index (χ1v) is 9.00. The molecule has 0 aliphatic heterocycles. The lowest BCUT2D eigenvalue weighted by molar-refractivity contribution is 0.696. The Labute approximate surface area is 154 Å². The third kappa shape index (κ3) is 3.98. The molecule has 0 bridgehead atoms. The van der Waals surface area contributed by atoms with Crippen LogP contribution in [0.5, 0.6) is 0 Å². The highest BCUT2D eigenvalue weighted by molar-refractivity contribution is 5.78. The predicted octanol–water partition coefficient (Wildman–Crippen LogP) is 4.89. The molecule has 0 aliphatic rings. The fourth-order valence-corrected chi connectivity index (χ4v) is 2.86. The zero-order chi connectivity index (χ0) is 18.4. The Bertz CT molecular complexity index is 946. The van der Waals surface area contributed by atoms with Gasteiger partial charge in [0.15, 0.2) is 5.65 Å². The van der Waals surface area contributed by atoms with Gasteiger partial charge in [0, 0.05) is 24.2 Å². The van der Waals surface area contributed by atoms with Crippen molar-refractivity contribution < 1.29 is 0 Å². The molecule has 0 aliphatic carbocycles. The second-order valence-electron chi connectivity index (χ2n) is 5.87. The molecule has 4 nitrogen and oxygen atoms in total. The Hall–Kier alpha value is -2.98. The van der Waals surface area contributed by atoms with E-state index >= 15 is 0 Å². The number of hydrogen-bond donors (Lipinski definition) is 2. The summed E-state index contributed by atoms with van der Waals surface area (Å²) in [6, 6.07) is 22.3. The smallest absolute Gasteiger partial charge is 0.177 e. The number of hydrogen-bond acceptors (Lipinski definition) is 3. The first-order valence-electron chi connectivity index (χ1n) is 9.00. The first kappa shape index (κ1) is 17.8. The molecule has 0 fully saturated rings. The number of imidazole rings is 1. The molecule has 3 N–H and O–H groups in total. The number of aromatic nitrogens is 3. The van der Waals surface area contributed by atoms with Crippen LogP contribution in [0.25, 0.3) is 22.3 Å². The molecule has 0 saturated carbocycles. The number of rotatable bonds is 4. The molecule has 132 valence electrons. The highest BCUT2D eigenvalue weighted by Gasteiger charge is 2.11. The van der Waals surface area contributed by atoms with Gasteiger partial charge in [-0.2, -0.15) is 0 Å². The van der Waals surface area contributed by atoms with Crippen molar-refractivity contribution >= 4 is 11.2 Å². The van der Waals surface area contributed by atoms with Gasteiger partial charge >= 0.3 is 0 Å². The molecule has 0 radical (unpaired) electrons. The molecule has 2 aromatic heterocycles. The molecular formula is C22H24N4. The summed E-state index contributed by atoms with van der Waals surface area (Å²) < 4.78 is 0. The third-order valence-corrected chi connectivity index (χ3v) is 4.13. The van der Waals surface area contributed by atoms with Crippen molar-refractivity contribution in [3.05, 3.63) is 84.3 Å². The summed E-state index contributed by atoms with van der Waals surface area (Å²) in [5, 5.41) is 0. The van der Waals surface area contributed by atoms with Crippen LogP contribution in [0.2, 0.25) is 0 Å². The van der Waals surface area contributed by atoms with Gasteiger partial charge in [-0.3, -0.25) is 0 Å². The predicted molar refractivity (Wildman–Crippen MR) is 108 cm³/mol. The van der Waals surface area contributed by atoms with Crippen molar-refractivity contribution in [2.45, 2.75) is 26.3 Å². The van der Waals surface area contributed by atoms with Crippen molar-refractivity contribution in [2.24, 2.45) is 5.73 Å². The molecule has 0 saturated heterocycles. The topological polar surface area (TPSA) is 67.6 Å². The molecule has 0 amide bonds. The lowest BCUT2D eigenvalue weighted by Crippen LogP contribution is -2.13. The van der Waals surface area contributed by atoms with Gasteiger partial charge in [-0.25, -0.2) is 9.97 Å². The summed E-state index contributed by atoms with van der Waals surface area (Å²) in [4.78, 5) is 12.4. The normalized spacial score (nSPS) is 11.7. The van der Waals surface area contributed by atoms with Crippen LogP contribution >= 0.6 is 0 Å². The maximum Gasteiger partial charge on any atom is 0.177 e. The van der Waals surface area contributed by atoms with Crippen LogP contribution < -0.4 is 5.73 Å². The van der Waals surface area contributed by atoms with Gasteiger partial charge in [0.2, 0.25) is 0 Å².